The van der Waals surface area contributed by atoms with Gasteiger partial charge in [0.05, 0.1) is 5.76 Å². The molecule has 1 aliphatic rings. The Kier molecular flexibility index (Phi) is 14.6. The fourth-order valence-electron chi connectivity index (χ4n) is 6.66. The summed E-state index contributed by atoms with van der Waals surface area (Å²) in [5, 5.41) is 12.2. The quantitative estimate of drug-likeness (QED) is 0.0931. The van der Waals surface area contributed by atoms with Gasteiger partial charge in [0.15, 0.2) is 5.78 Å². The standard InChI is InChI=1S/C29H29N2.C13H24O2.Ir/c1-18(2)13-23-15-21-9-10-26-25(28(21)17-31-23)11-12-30-29(26)22-14-20-7-5-6-8-24(20)27(16-22)19(3)4;1-5-10(6-2)12(14)9-13(15)11(7-3)8-4;/h5-8,11-12,15-19H,9-10,13H2,1-4H3;9-11,14H,5-8H2,1-4H3;/q-1;;/b;12-9-;. The van der Waals surface area contributed by atoms with E-state index >= 15 is 0 Å². The second-order valence-corrected chi connectivity index (χ2v) is 13.5. The number of aromatic nitrogens is 2. The molecule has 0 saturated heterocycles. The Bertz CT molecular complexity index is 1670. The van der Waals surface area contributed by atoms with Crippen LogP contribution in [0.15, 0.2) is 66.7 Å². The molecule has 5 heteroatoms. The van der Waals surface area contributed by atoms with Crippen LogP contribution in [0.1, 0.15) is 109 Å². The smallest absolute Gasteiger partial charge is 0.162 e. The number of hydrogen-bond acceptors (Lipinski definition) is 4. The average Bonchev–Trinajstić information content (AvgIpc) is 3.04. The number of hydrogen-bond donors (Lipinski definition) is 1. The molecule has 2 heterocycles. The van der Waals surface area contributed by atoms with Gasteiger partial charge in [0.25, 0.3) is 0 Å². The zero-order valence-corrected chi connectivity index (χ0v) is 32.0. The third kappa shape index (κ3) is 9.27. The number of fused-ring (bicyclic) bond motifs is 4. The van der Waals surface area contributed by atoms with Gasteiger partial charge in [-0.15, -0.1) is 29.1 Å². The molecule has 1 aliphatic carbocycles. The van der Waals surface area contributed by atoms with Gasteiger partial charge in [-0.1, -0.05) is 84.5 Å². The summed E-state index contributed by atoms with van der Waals surface area (Å²) in [5.41, 5.74) is 10.0. The van der Waals surface area contributed by atoms with E-state index in [1.165, 1.54) is 50.4 Å². The van der Waals surface area contributed by atoms with Crippen LogP contribution in [0.2, 0.25) is 0 Å². The van der Waals surface area contributed by atoms with E-state index in [1.54, 1.807) is 0 Å². The van der Waals surface area contributed by atoms with Crippen LogP contribution in [-0.2, 0) is 44.2 Å². The molecule has 2 aromatic carbocycles. The van der Waals surface area contributed by atoms with Gasteiger partial charge in [0.2, 0.25) is 0 Å². The van der Waals surface area contributed by atoms with Crippen LogP contribution < -0.4 is 0 Å². The van der Waals surface area contributed by atoms with E-state index in [2.05, 4.69) is 82.4 Å². The molecule has 0 saturated carbocycles. The molecule has 1 radical (unpaired) electrons. The molecule has 0 amide bonds. The number of rotatable bonds is 11. The zero-order chi connectivity index (χ0) is 33.4. The number of ketones is 1. The Morgan fingerprint density at radius 3 is 2.21 bits per heavy atom. The Balaban J connectivity index is 0.000000322. The summed E-state index contributed by atoms with van der Waals surface area (Å²) in [7, 11) is 0. The van der Waals surface area contributed by atoms with Gasteiger partial charge in [-0.3, -0.25) is 14.8 Å². The maximum Gasteiger partial charge on any atom is 0.162 e. The van der Waals surface area contributed by atoms with Gasteiger partial charge < -0.3 is 5.11 Å². The summed E-state index contributed by atoms with van der Waals surface area (Å²) >= 11 is 0. The van der Waals surface area contributed by atoms with Crippen molar-refractivity contribution >= 4 is 16.6 Å². The Labute approximate surface area is 296 Å². The zero-order valence-electron chi connectivity index (χ0n) is 29.6. The van der Waals surface area contributed by atoms with Crippen LogP contribution in [0.4, 0.5) is 0 Å². The van der Waals surface area contributed by atoms with Crippen LogP contribution in [0, 0.1) is 23.8 Å². The van der Waals surface area contributed by atoms with Crippen molar-refractivity contribution in [2.45, 2.75) is 106 Å². The predicted molar refractivity (Wildman–Crippen MR) is 193 cm³/mol. The number of allylic oxidation sites excluding steroid dienone is 2. The number of carbonyl (C=O) groups excluding carboxylic acids is 1. The van der Waals surface area contributed by atoms with Crippen molar-refractivity contribution in [1.82, 2.24) is 9.97 Å². The molecule has 4 aromatic rings. The van der Waals surface area contributed by atoms with E-state index in [9.17, 15) is 9.90 Å². The molecule has 47 heavy (non-hydrogen) atoms. The summed E-state index contributed by atoms with van der Waals surface area (Å²) in [6, 6.07) is 19.0. The van der Waals surface area contributed by atoms with Crippen LogP contribution >= 0.6 is 0 Å². The third-order valence-electron chi connectivity index (χ3n) is 9.42. The molecule has 5 rings (SSSR count). The monoisotopic (exact) mass is 810 g/mol. The van der Waals surface area contributed by atoms with Crippen molar-refractivity contribution < 1.29 is 30.0 Å². The molecule has 0 atom stereocenters. The predicted octanol–water partition coefficient (Wildman–Crippen LogP) is 11.1. The minimum Gasteiger partial charge on any atom is -0.512 e. The number of aryl methyl sites for hydroxylation is 1. The summed E-state index contributed by atoms with van der Waals surface area (Å²) < 4.78 is 0. The molecule has 0 fully saturated rings. The largest absolute Gasteiger partial charge is 0.512 e. The summed E-state index contributed by atoms with van der Waals surface area (Å²) in [6.07, 6.45) is 12.0. The van der Waals surface area contributed by atoms with Crippen LogP contribution in [-0.4, -0.2) is 20.9 Å². The van der Waals surface area contributed by atoms with Gasteiger partial charge in [0, 0.05) is 67.4 Å². The van der Waals surface area contributed by atoms with Crippen molar-refractivity contribution in [2.24, 2.45) is 17.8 Å². The van der Waals surface area contributed by atoms with E-state index in [1.807, 2.05) is 33.9 Å². The second-order valence-electron chi connectivity index (χ2n) is 13.5. The number of benzene rings is 2. The summed E-state index contributed by atoms with van der Waals surface area (Å²) in [6.45, 7) is 17.1. The van der Waals surface area contributed by atoms with Crippen molar-refractivity contribution in [3.05, 3.63) is 95.1 Å². The van der Waals surface area contributed by atoms with Crippen molar-refractivity contribution in [1.29, 1.82) is 0 Å². The molecule has 0 aliphatic heterocycles. The molecule has 4 nitrogen and oxygen atoms in total. The second kappa shape index (κ2) is 17.9. The maximum absolute atomic E-state index is 11.7. The van der Waals surface area contributed by atoms with Gasteiger partial charge in [0.1, 0.15) is 0 Å². The fraction of sp³-hybridized carbons (Fsp3) is 0.452. The first-order valence-corrected chi connectivity index (χ1v) is 17.5. The SMILES string of the molecule is CC(C)Cc1cc2c(cn1)-c1ccnc(-c3[c-]c4ccccc4c(C(C)C)c3)c1CC2.CCC(CC)C(=O)/C=C(\O)C(CC)CC.[Ir]. The first kappa shape index (κ1) is 38.3. The molecular formula is C42H53IrN2O2-. The maximum atomic E-state index is 11.7. The minimum absolute atomic E-state index is 0. The number of pyridine rings is 2. The molecule has 2 aromatic heterocycles. The van der Waals surface area contributed by atoms with Crippen molar-refractivity contribution in [2.75, 3.05) is 0 Å². The Morgan fingerprint density at radius 2 is 1.57 bits per heavy atom. The first-order valence-electron chi connectivity index (χ1n) is 17.5. The van der Waals surface area contributed by atoms with Gasteiger partial charge in [-0.25, -0.2) is 0 Å². The van der Waals surface area contributed by atoms with E-state index in [0.29, 0.717) is 11.8 Å². The molecular weight excluding hydrogens is 757 g/mol. The van der Waals surface area contributed by atoms with E-state index < -0.39 is 0 Å². The van der Waals surface area contributed by atoms with Gasteiger partial charge in [-0.2, -0.15) is 0 Å². The van der Waals surface area contributed by atoms with Crippen LogP contribution in [0.25, 0.3) is 33.2 Å². The summed E-state index contributed by atoms with van der Waals surface area (Å²) in [5.74, 6) is 1.61. The van der Waals surface area contributed by atoms with Crippen LogP contribution in [0.5, 0.6) is 0 Å². The van der Waals surface area contributed by atoms with Gasteiger partial charge in [-0.05, 0) is 85.6 Å². The molecule has 0 unspecified atom stereocenters. The number of aliphatic hydroxyl groups excluding tert-OH is 1. The van der Waals surface area contributed by atoms with E-state index in [0.717, 1.165) is 56.2 Å². The molecule has 0 bridgehead atoms. The third-order valence-corrected chi connectivity index (χ3v) is 9.42. The number of aliphatic hydroxyl groups is 1. The number of nitrogens with zero attached hydrogens (tertiary/aromatic N) is 2. The van der Waals surface area contributed by atoms with E-state index in [-0.39, 0.29) is 43.5 Å². The Morgan fingerprint density at radius 1 is 0.894 bits per heavy atom. The van der Waals surface area contributed by atoms with Crippen LogP contribution in [0.3, 0.4) is 0 Å². The van der Waals surface area contributed by atoms with Crippen molar-refractivity contribution in [3.8, 4) is 22.4 Å². The summed E-state index contributed by atoms with van der Waals surface area (Å²) in [4.78, 5) is 21.3. The fourth-order valence-corrected chi connectivity index (χ4v) is 6.66. The normalized spacial score (nSPS) is 12.6. The molecule has 0 spiro atoms. The Hall–Kier alpha value is -3.14. The van der Waals surface area contributed by atoms with Gasteiger partial charge >= 0.3 is 0 Å². The topological polar surface area (TPSA) is 63.1 Å². The molecule has 253 valence electrons. The average molecular weight is 810 g/mol. The minimum atomic E-state index is 0. The number of carbonyl (C=O) groups is 1. The van der Waals surface area contributed by atoms with E-state index in [4.69, 9.17) is 9.97 Å². The molecule has 1 N–H and O–H groups in total. The first-order chi connectivity index (χ1) is 22.1. The van der Waals surface area contributed by atoms with Crippen molar-refractivity contribution in [3.63, 3.8) is 0 Å².